The molecule has 2 atom stereocenters. The molecule has 0 aliphatic heterocycles. The van der Waals surface area contributed by atoms with Gasteiger partial charge in [-0.15, -0.1) is 0 Å². The summed E-state index contributed by atoms with van der Waals surface area (Å²) in [4.78, 5) is 12.2. The predicted molar refractivity (Wildman–Crippen MR) is 72.0 cm³/mol. The normalized spacial score (nSPS) is 22.6. The van der Waals surface area contributed by atoms with E-state index < -0.39 is 6.61 Å². The van der Waals surface area contributed by atoms with Crippen LogP contribution in [0.15, 0.2) is 24.3 Å². The lowest BCUT2D eigenvalue weighted by molar-refractivity contribution is -0.0501. The molecule has 110 valence electrons. The molecule has 1 amide bonds. The van der Waals surface area contributed by atoms with Crippen molar-refractivity contribution >= 4 is 5.91 Å². The van der Waals surface area contributed by atoms with E-state index in [9.17, 15) is 13.6 Å². The van der Waals surface area contributed by atoms with E-state index in [1.54, 1.807) is 12.1 Å². The van der Waals surface area contributed by atoms with E-state index >= 15 is 0 Å². The lowest BCUT2D eigenvalue weighted by atomic mass is 9.86. The second-order valence-corrected chi connectivity index (χ2v) is 5.22. The number of para-hydroxylation sites is 1. The van der Waals surface area contributed by atoms with Gasteiger partial charge in [-0.1, -0.05) is 31.9 Å². The largest absolute Gasteiger partial charge is 0.434 e. The van der Waals surface area contributed by atoms with Crippen molar-refractivity contribution in [3.63, 3.8) is 0 Å². The van der Waals surface area contributed by atoms with Crippen LogP contribution in [0.3, 0.4) is 0 Å². The summed E-state index contributed by atoms with van der Waals surface area (Å²) >= 11 is 0. The Morgan fingerprint density at radius 3 is 2.70 bits per heavy atom. The van der Waals surface area contributed by atoms with Gasteiger partial charge in [0.15, 0.2) is 0 Å². The highest BCUT2D eigenvalue weighted by Crippen LogP contribution is 2.25. The third kappa shape index (κ3) is 3.68. The third-order valence-electron chi connectivity index (χ3n) is 3.78. The maximum absolute atomic E-state index is 12.3. The fourth-order valence-electron chi connectivity index (χ4n) is 2.63. The molecular formula is C15H19F2NO2. The third-order valence-corrected chi connectivity index (χ3v) is 3.78. The number of rotatable bonds is 4. The van der Waals surface area contributed by atoms with Crippen LogP contribution in [0.25, 0.3) is 0 Å². The van der Waals surface area contributed by atoms with Crippen LogP contribution < -0.4 is 10.1 Å². The van der Waals surface area contributed by atoms with E-state index in [-0.39, 0.29) is 23.3 Å². The van der Waals surface area contributed by atoms with Crippen LogP contribution in [0.5, 0.6) is 5.75 Å². The van der Waals surface area contributed by atoms with Gasteiger partial charge in [0.2, 0.25) is 0 Å². The van der Waals surface area contributed by atoms with Gasteiger partial charge in [-0.3, -0.25) is 4.79 Å². The highest BCUT2D eigenvalue weighted by molar-refractivity contribution is 5.97. The molecule has 0 radical (unpaired) electrons. The second kappa shape index (κ2) is 6.68. The summed E-state index contributed by atoms with van der Waals surface area (Å²) < 4.78 is 29.0. The zero-order chi connectivity index (χ0) is 14.5. The molecule has 5 heteroatoms. The number of hydrogen-bond acceptors (Lipinski definition) is 2. The van der Waals surface area contributed by atoms with E-state index in [1.807, 2.05) is 0 Å². The molecule has 1 aliphatic carbocycles. The number of nitrogens with one attached hydrogen (secondary N) is 1. The first-order valence-electron chi connectivity index (χ1n) is 6.92. The van der Waals surface area contributed by atoms with Crippen molar-refractivity contribution in [2.24, 2.45) is 5.92 Å². The maximum Gasteiger partial charge on any atom is 0.387 e. The number of hydrogen-bond donors (Lipinski definition) is 1. The summed E-state index contributed by atoms with van der Waals surface area (Å²) in [5.41, 5.74) is 0.158. The average molecular weight is 283 g/mol. The summed E-state index contributed by atoms with van der Waals surface area (Å²) in [5, 5.41) is 2.93. The minimum absolute atomic E-state index is 0.0801. The number of amides is 1. The summed E-state index contributed by atoms with van der Waals surface area (Å²) in [6.45, 7) is -0.830. The summed E-state index contributed by atoms with van der Waals surface area (Å²) in [7, 11) is 0. The molecule has 0 bridgehead atoms. The van der Waals surface area contributed by atoms with Crippen LogP contribution >= 0.6 is 0 Å². The van der Waals surface area contributed by atoms with Crippen molar-refractivity contribution in [2.75, 3.05) is 0 Å². The maximum atomic E-state index is 12.3. The summed E-state index contributed by atoms with van der Waals surface area (Å²) in [6, 6.07) is 6.19. The van der Waals surface area contributed by atoms with Gasteiger partial charge in [-0.05, 0) is 30.9 Å². The Labute approximate surface area is 117 Å². The molecule has 0 saturated heterocycles. The molecule has 1 saturated carbocycles. The molecule has 20 heavy (non-hydrogen) atoms. The first kappa shape index (κ1) is 14.8. The number of carbonyl (C=O) groups is 1. The lowest BCUT2D eigenvalue weighted by Gasteiger charge is -2.29. The van der Waals surface area contributed by atoms with E-state index in [1.165, 1.54) is 18.6 Å². The molecule has 1 aliphatic rings. The molecule has 0 unspecified atom stereocenters. The van der Waals surface area contributed by atoms with Crippen molar-refractivity contribution in [1.29, 1.82) is 0 Å². The lowest BCUT2D eigenvalue weighted by Crippen LogP contribution is -2.41. The van der Waals surface area contributed by atoms with Gasteiger partial charge in [0.1, 0.15) is 5.75 Å². The highest BCUT2D eigenvalue weighted by Gasteiger charge is 2.24. The minimum Gasteiger partial charge on any atom is -0.434 e. The number of alkyl halides is 2. The smallest absolute Gasteiger partial charge is 0.387 e. The Bertz CT molecular complexity index is 465. The van der Waals surface area contributed by atoms with Gasteiger partial charge in [0, 0.05) is 6.04 Å². The molecule has 1 aromatic rings. The first-order chi connectivity index (χ1) is 9.58. The zero-order valence-electron chi connectivity index (χ0n) is 11.4. The second-order valence-electron chi connectivity index (χ2n) is 5.22. The van der Waals surface area contributed by atoms with Crippen LogP contribution in [-0.2, 0) is 0 Å². The molecular weight excluding hydrogens is 264 g/mol. The van der Waals surface area contributed by atoms with Crippen LogP contribution in [-0.4, -0.2) is 18.6 Å². The summed E-state index contributed by atoms with van der Waals surface area (Å²) in [6.07, 6.45) is 4.29. The van der Waals surface area contributed by atoms with Gasteiger partial charge in [-0.25, -0.2) is 0 Å². The van der Waals surface area contributed by atoms with Crippen molar-refractivity contribution in [1.82, 2.24) is 5.32 Å². The van der Waals surface area contributed by atoms with Crippen LogP contribution in [0.4, 0.5) is 8.78 Å². The molecule has 0 aromatic heterocycles. The van der Waals surface area contributed by atoms with E-state index in [0.717, 1.165) is 19.3 Å². The predicted octanol–water partition coefficient (Wildman–Crippen LogP) is 3.60. The molecule has 0 heterocycles. The van der Waals surface area contributed by atoms with Gasteiger partial charge in [-0.2, -0.15) is 8.78 Å². The number of benzene rings is 1. The van der Waals surface area contributed by atoms with Crippen LogP contribution in [0.2, 0.25) is 0 Å². The molecule has 1 N–H and O–H groups in total. The van der Waals surface area contributed by atoms with Crippen molar-refractivity contribution in [3.05, 3.63) is 29.8 Å². The van der Waals surface area contributed by atoms with Crippen molar-refractivity contribution < 1.29 is 18.3 Å². The van der Waals surface area contributed by atoms with Crippen molar-refractivity contribution in [3.8, 4) is 5.75 Å². The Morgan fingerprint density at radius 1 is 1.30 bits per heavy atom. The molecule has 3 nitrogen and oxygen atoms in total. The SMILES string of the molecule is C[C@H]1CCCC[C@@H]1NC(=O)c1ccccc1OC(F)F. The van der Waals surface area contributed by atoms with Gasteiger partial charge in [0.25, 0.3) is 5.91 Å². The quantitative estimate of drug-likeness (QED) is 0.917. The standard InChI is InChI=1S/C15H19F2NO2/c1-10-6-2-4-8-12(10)18-14(19)11-7-3-5-9-13(11)20-15(16)17/h3,5,7,9-10,12,15H,2,4,6,8H2,1H3,(H,18,19)/t10-,12-/m0/s1. The number of ether oxygens (including phenoxy) is 1. The Morgan fingerprint density at radius 2 is 2.00 bits per heavy atom. The Hall–Kier alpha value is -1.65. The Balaban J connectivity index is 2.08. The fraction of sp³-hybridized carbons (Fsp3) is 0.533. The molecule has 0 spiro atoms. The Kier molecular flexibility index (Phi) is 4.93. The van der Waals surface area contributed by atoms with E-state index in [0.29, 0.717) is 5.92 Å². The fourth-order valence-corrected chi connectivity index (χ4v) is 2.63. The van der Waals surface area contributed by atoms with Gasteiger partial charge < -0.3 is 10.1 Å². The van der Waals surface area contributed by atoms with Crippen LogP contribution in [0, 0.1) is 5.92 Å². The topological polar surface area (TPSA) is 38.3 Å². The number of halogens is 2. The number of carbonyl (C=O) groups excluding carboxylic acids is 1. The average Bonchev–Trinajstić information content (AvgIpc) is 2.41. The zero-order valence-corrected chi connectivity index (χ0v) is 11.4. The van der Waals surface area contributed by atoms with E-state index in [4.69, 9.17) is 0 Å². The highest BCUT2D eigenvalue weighted by atomic mass is 19.3. The molecule has 1 aromatic carbocycles. The monoisotopic (exact) mass is 283 g/mol. The van der Waals surface area contributed by atoms with Gasteiger partial charge >= 0.3 is 6.61 Å². The molecule has 1 fully saturated rings. The van der Waals surface area contributed by atoms with Crippen LogP contribution in [0.1, 0.15) is 43.0 Å². The van der Waals surface area contributed by atoms with Crippen molar-refractivity contribution in [2.45, 2.75) is 45.3 Å². The summed E-state index contributed by atoms with van der Waals surface area (Å²) in [5.74, 6) is -0.0145. The minimum atomic E-state index is -2.93. The van der Waals surface area contributed by atoms with Gasteiger partial charge in [0.05, 0.1) is 5.56 Å². The molecule has 2 rings (SSSR count). The first-order valence-corrected chi connectivity index (χ1v) is 6.92. The van der Waals surface area contributed by atoms with E-state index in [2.05, 4.69) is 17.0 Å².